The summed E-state index contributed by atoms with van der Waals surface area (Å²) < 4.78 is 13.7. The first-order valence-electron chi connectivity index (χ1n) is 5.34. The van der Waals surface area contributed by atoms with E-state index in [0.29, 0.717) is 15.6 Å². The number of nitrogens with zero attached hydrogens (tertiary/aromatic N) is 1. The summed E-state index contributed by atoms with van der Waals surface area (Å²) in [4.78, 5) is 25.5. The second-order valence-corrected chi connectivity index (χ2v) is 5.72. The fourth-order valence-electron chi connectivity index (χ4n) is 1.96. The van der Waals surface area contributed by atoms with E-state index >= 15 is 0 Å². The van der Waals surface area contributed by atoms with Crippen LogP contribution in [0.1, 0.15) is 5.56 Å². The molecule has 7 heteroatoms. The van der Waals surface area contributed by atoms with E-state index in [2.05, 4.69) is 5.32 Å². The van der Waals surface area contributed by atoms with Gasteiger partial charge in [0.25, 0.3) is 11.8 Å². The number of likely N-dealkylation sites (N-methyl/N-ethyl adjacent to an activating group) is 1. The second-order valence-electron chi connectivity index (χ2n) is 4.08. The van der Waals surface area contributed by atoms with Crippen molar-refractivity contribution in [3.05, 3.63) is 34.5 Å². The van der Waals surface area contributed by atoms with Crippen LogP contribution >= 0.6 is 24.0 Å². The van der Waals surface area contributed by atoms with Crippen LogP contribution in [-0.4, -0.2) is 28.1 Å². The fraction of sp³-hybridized carbons (Fsp3) is 0.0833. The SMILES string of the molecule is CN1C(=O)/C(=C2/C(=O)Nc3ccc(F)cc32)SC1=S. The van der Waals surface area contributed by atoms with Crippen molar-refractivity contribution in [2.75, 3.05) is 12.4 Å². The number of rotatable bonds is 0. The molecular formula is C12H7FN2O2S2. The van der Waals surface area contributed by atoms with E-state index in [4.69, 9.17) is 12.2 Å². The molecule has 2 heterocycles. The first kappa shape index (κ1) is 12.3. The van der Waals surface area contributed by atoms with Crippen molar-refractivity contribution in [3.8, 4) is 0 Å². The first-order valence-corrected chi connectivity index (χ1v) is 6.57. The van der Waals surface area contributed by atoms with Gasteiger partial charge in [0, 0.05) is 18.3 Å². The largest absolute Gasteiger partial charge is 0.321 e. The number of fused-ring (bicyclic) bond motifs is 1. The molecule has 2 amide bonds. The molecule has 96 valence electrons. The van der Waals surface area contributed by atoms with Crippen molar-refractivity contribution in [1.29, 1.82) is 0 Å². The van der Waals surface area contributed by atoms with Crippen LogP contribution in [0.5, 0.6) is 0 Å². The number of anilines is 1. The smallest absolute Gasteiger partial charge is 0.266 e. The Hall–Kier alpha value is -1.73. The van der Waals surface area contributed by atoms with Crippen molar-refractivity contribution in [3.63, 3.8) is 0 Å². The lowest BCUT2D eigenvalue weighted by molar-refractivity contribution is -0.121. The molecule has 3 rings (SSSR count). The summed E-state index contributed by atoms with van der Waals surface area (Å²) >= 11 is 6.08. The quantitative estimate of drug-likeness (QED) is 0.587. The maximum absolute atomic E-state index is 13.3. The van der Waals surface area contributed by atoms with Gasteiger partial charge in [-0.3, -0.25) is 14.5 Å². The molecule has 1 aromatic rings. The molecule has 1 fully saturated rings. The van der Waals surface area contributed by atoms with Gasteiger partial charge in [-0.2, -0.15) is 0 Å². The maximum atomic E-state index is 13.3. The number of amides is 2. The zero-order valence-electron chi connectivity index (χ0n) is 9.69. The van der Waals surface area contributed by atoms with Gasteiger partial charge in [-0.05, 0) is 18.2 Å². The number of nitrogens with one attached hydrogen (secondary N) is 1. The van der Waals surface area contributed by atoms with Gasteiger partial charge in [-0.25, -0.2) is 4.39 Å². The minimum Gasteiger partial charge on any atom is -0.321 e. The third-order valence-electron chi connectivity index (χ3n) is 2.92. The van der Waals surface area contributed by atoms with Crippen LogP contribution in [0.3, 0.4) is 0 Å². The molecule has 0 unspecified atom stereocenters. The Labute approximate surface area is 117 Å². The van der Waals surface area contributed by atoms with E-state index in [9.17, 15) is 14.0 Å². The first-order chi connectivity index (χ1) is 8.99. The van der Waals surface area contributed by atoms with Crippen molar-refractivity contribution >= 4 is 51.4 Å². The molecule has 1 saturated heterocycles. The molecular weight excluding hydrogens is 287 g/mol. The van der Waals surface area contributed by atoms with E-state index in [0.717, 1.165) is 11.8 Å². The molecule has 0 atom stereocenters. The summed E-state index contributed by atoms with van der Waals surface area (Å²) in [6.45, 7) is 0. The maximum Gasteiger partial charge on any atom is 0.266 e. The van der Waals surface area contributed by atoms with Crippen molar-refractivity contribution in [1.82, 2.24) is 4.90 Å². The van der Waals surface area contributed by atoms with Crippen LogP contribution in [0.4, 0.5) is 10.1 Å². The molecule has 4 nitrogen and oxygen atoms in total. The number of thioether (sulfide) groups is 1. The number of carbonyl (C=O) groups is 2. The molecule has 2 aliphatic heterocycles. The third kappa shape index (κ3) is 1.77. The lowest BCUT2D eigenvalue weighted by Crippen LogP contribution is -2.23. The van der Waals surface area contributed by atoms with Gasteiger partial charge in [-0.1, -0.05) is 24.0 Å². The standard InChI is InChI=1S/C12H7FN2O2S2/c1-15-11(17)9(19-12(15)18)8-6-4-5(13)2-3-7(6)14-10(8)16/h2-4H,1H3,(H,14,16)/b9-8-. The molecule has 19 heavy (non-hydrogen) atoms. The monoisotopic (exact) mass is 294 g/mol. The summed E-state index contributed by atoms with van der Waals surface area (Å²) in [5.74, 6) is -1.20. The summed E-state index contributed by atoms with van der Waals surface area (Å²) in [7, 11) is 1.55. The van der Waals surface area contributed by atoms with Crippen LogP contribution < -0.4 is 5.32 Å². The topological polar surface area (TPSA) is 49.4 Å². The average Bonchev–Trinajstić information content (AvgIpc) is 2.80. The number of hydrogen-bond donors (Lipinski definition) is 1. The Morgan fingerprint density at radius 1 is 1.37 bits per heavy atom. The van der Waals surface area contributed by atoms with Gasteiger partial charge >= 0.3 is 0 Å². The minimum atomic E-state index is -0.459. The summed E-state index contributed by atoms with van der Waals surface area (Å²) in [6, 6.07) is 3.97. The summed E-state index contributed by atoms with van der Waals surface area (Å²) in [5.41, 5.74) is 1.10. The zero-order valence-corrected chi connectivity index (χ0v) is 11.3. The molecule has 1 N–H and O–H groups in total. The van der Waals surface area contributed by atoms with E-state index in [1.165, 1.54) is 23.1 Å². The summed E-state index contributed by atoms with van der Waals surface area (Å²) in [5, 5.41) is 2.61. The fourth-order valence-corrected chi connectivity index (χ4v) is 3.21. The lowest BCUT2D eigenvalue weighted by Gasteiger charge is -2.04. The molecule has 0 spiro atoms. The number of carbonyl (C=O) groups excluding carboxylic acids is 2. The van der Waals surface area contributed by atoms with Gasteiger partial charge in [0.05, 0.1) is 10.5 Å². The van der Waals surface area contributed by atoms with Crippen LogP contribution in [-0.2, 0) is 9.59 Å². The Balaban J connectivity index is 2.22. The summed E-state index contributed by atoms with van der Waals surface area (Å²) in [6.07, 6.45) is 0. The van der Waals surface area contributed by atoms with E-state index in [-0.39, 0.29) is 16.4 Å². The number of benzene rings is 1. The molecule has 0 bridgehead atoms. The molecule has 1 aromatic carbocycles. The minimum absolute atomic E-state index is 0.191. The predicted octanol–water partition coefficient (Wildman–Crippen LogP) is 1.98. The highest BCUT2D eigenvalue weighted by molar-refractivity contribution is 8.26. The number of halogens is 1. The number of thiocarbonyl (C=S) groups is 1. The van der Waals surface area contributed by atoms with Crippen LogP contribution in [0, 0.1) is 5.82 Å². The molecule has 0 aliphatic carbocycles. The Bertz CT molecular complexity index is 684. The van der Waals surface area contributed by atoms with E-state index in [1.807, 2.05) is 0 Å². The molecule has 0 saturated carbocycles. The van der Waals surface area contributed by atoms with Crippen LogP contribution in [0.25, 0.3) is 5.57 Å². The Morgan fingerprint density at radius 3 is 2.74 bits per heavy atom. The number of hydrogen-bond acceptors (Lipinski definition) is 4. The van der Waals surface area contributed by atoms with E-state index < -0.39 is 11.7 Å². The molecule has 0 aromatic heterocycles. The normalized spacial score (nSPS) is 22.0. The highest BCUT2D eigenvalue weighted by atomic mass is 32.2. The lowest BCUT2D eigenvalue weighted by atomic mass is 10.1. The van der Waals surface area contributed by atoms with Crippen LogP contribution in [0.15, 0.2) is 23.1 Å². The van der Waals surface area contributed by atoms with Crippen molar-refractivity contribution in [2.24, 2.45) is 0 Å². The van der Waals surface area contributed by atoms with Gasteiger partial charge in [0.2, 0.25) is 0 Å². The predicted molar refractivity (Wildman–Crippen MR) is 74.9 cm³/mol. The van der Waals surface area contributed by atoms with Gasteiger partial charge < -0.3 is 5.32 Å². The average molecular weight is 294 g/mol. The zero-order chi connectivity index (χ0) is 13.7. The van der Waals surface area contributed by atoms with Gasteiger partial charge in [-0.15, -0.1) is 0 Å². The Kier molecular flexibility index (Phi) is 2.68. The molecule has 0 radical (unpaired) electrons. The van der Waals surface area contributed by atoms with E-state index in [1.54, 1.807) is 7.05 Å². The van der Waals surface area contributed by atoms with Crippen LogP contribution in [0.2, 0.25) is 0 Å². The Morgan fingerprint density at radius 2 is 2.11 bits per heavy atom. The van der Waals surface area contributed by atoms with Crippen molar-refractivity contribution < 1.29 is 14.0 Å². The highest BCUT2D eigenvalue weighted by Gasteiger charge is 2.37. The van der Waals surface area contributed by atoms with Crippen molar-refractivity contribution in [2.45, 2.75) is 0 Å². The second kappa shape index (κ2) is 4.14. The highest BCUT2D eigenvalue weighted by Crippen LogP contribution is 2.41. The van der Waals surface area contributed by atoms with Gasteiger partial charge in [0.15, 0.2) is 0 Å². The third-order valence-corrected chi connectivity index (χ3v) is 4.47. The molecule has 2 aliphatic rings. The van der Waals surface area contributed by atoms with Gasteiger partial charge in [0.1, 0.15) is 10.1 Å².